The second kappa shape index (κ2) is 3.93. The van der Waals surface area contributed by atoms with Gasteiger partial charge in [0.1, 0.15) is 0 Å². The Bertz CT molecular complexity index is 280. The predicted octanol–water partition coefficient (Wildman–Crippen LogP) is 2.32. The van der Waals surface area contributed by atoms with Gasteiger partial charge in [-0.25, -0.2) is 0 Å². The second-order valence-electron chi connectivity index (χ2n) is 3.87. The molecule has 0 spiro atoms. The summed E-state index contributed by atoms with van der Waals surface area (Å²) in [5, 5.41) is 9.66. The maximum absolute atomic E-state index is 9.66. The summed E-state index contributed by atoms with van der Waals surface area (Å²) in [4.78, 5) is 0. The Morgan fingerprint density at radius 2 is 1.85 bits per heavy atom. The van der Waals surface area contributed by atoms with Crippen LogP contribution in [0.4, 0.5) is 0 Å². The van der Waals surface area contributed by atoms with E-state index in [1.807, 2.05) is 0 Å². The van der Waals surface area contributed by atoms with Crippen molar-refractivity contribution in [2.45, 2.75) is 38.2 Å². The third-order valence-electron chi connectivity index (χ3n) is 2.81. The van der Waals surface area contributed by atoms with E-state index in [4.69, 9.17) is 0 Å². The third kappa shape index (κ3) is 2.10. The number of benzene rings is 1. The quantitative estimate of drug-likeness (QED) is 0.643. The van der Waals surface area contributed by atoms with Crippen LogP contribution in [-0.4, -0.2) is 11.2 Å². The number of aliphatic hydroxyl groups excluding tert-OH is 1. The molecule has 0 saturated carbocycles. The zero-order valence-electron chi connectivity index (χ0n) is 7.87. The molecular weight excluding hydrogens is 160 g/mol. The average molecular weight is 176 g/mol. The Morgan fingerprint density at radius 1 is 1.08 bits per heavy atom. The van der Waals surface area contributed by atoms with Crippen LogP contribution < -0.4 is 0 Å². The van der Waals surface area contributed by atoms with Crippen LogP contribution in [-0.2, 0) is 12.8 Å². The highest BCUT2D eigenvalue weighted by Crippen LogP contribution is 2.19. The van der Waals surface area contributed by atoms with E-state index in [0.29, 0.717) is 0 Å². The molecule has 0 aromatic heterocycles. The SMILES string of the molecule is OC1CCCCc2ccccc2C1. The van der Waals surface area contributed by atoms with Crippen LogP contribution in [0.5, 0.6) is 0 Å². The van der Waals surface area contributed by atoms with Crippen molar-refractivity contribution < 1.29 is 5.11 Å². The zero-order valence-corrected chi connectivity index (χ0v) is 7.87. The summed E-state index contributed by atoms with van der Waals surface area (Å²) >= 11 is 0. The summed E-state index contributed by atoms with van der Waals surface area (Å²) in [7, 11) is 0. The maximum atomic E-state index is 9.66. The van der Waals surface area contributed by atoms with Crippen LogP contribution in [0.2, 0.25) is 0 Å². The summed E-state index contributed by atoms with van der Waals surface area (Å²) in [6.07, 6.45) is 5.25. The minimum Gasteiger partial charge on any atom is -0.393 e. The van der Waals surface area contributed by atoms with Gasteiger partial charge in [-0.05, 0) is 36.8 Å². The minimum absolute atomic E-state index is 0.124. The normalized spacial score (nSPS) is 23.0. The minimum atomic E-state index is -0.124. The standard InChI is InChI=1S/C12H16O/c13-12-8-4-3-6-10-5-1-2-7-11(10)9-12/h1-2,5,7,12-13H,3-4,6,8-9H2. The fourth-order valence-electron chi connectivity index (χ4n) is 2.05. The third-order valence-corrected chi connectivity index (χ3v) is 2.81. The Kier molecular flexibility index (Phi) is 2.65. The first-order chi connectivity index (χ1) is 6.36. The van der Waals surface area contributed by atoms with Crippen LogP contribution in [0.3, 0.4) is 0 Å². The van der Waals surface area contributed by atoms with E-state index in [1.165, 1.54) is 24.0 Å². The van der Waals surface area contributed by atoms with Gasteiger partial charge in [-0.1, -0.05) is 30.7 Å². The van der Waals surface area contributed by atoms with Gasteiger partial charge in [0.25, 0.3) is 0 Å². The van der Waals surface area contributed by atoms with Crippen molar-refractivity contribution >= 4 is 0 Å². The zero-order chi connectivity index (χ0) is 9.10. The van der Waals surface area contributed by atoms with Crippen LogP contribution in [0.1, 0.15) is 30.4 Å². The van der Waals surface area contributed by atoms with Crippen molar-refractivity contribution in [2.24, 2.45) is 0 Å². The summed E-state index contributed by atoms with van der Waals surface area (Å²) < 4.78 is 0. The van der Waals surface area contributed by atoms with Gasteiger partial charge < -0.3 is 5.11 Å². The van der Waals surface area contributed by atoms with Crippen LogP contribution >= 0.6 is 0 Å². The topological polar surface area (TPSA) is 20.2 Å². The largest absolute Gasteiger partial charge is 0.393 e. The smallest absolute Gasteiger partial charge is 0.0580 e. The van der Waals surface area contributed by atoms with Crippen molar-refractivity contribution in [2.75, 3.05) is 0 Å². The van der Waals surface area contributed by atoms with E-state index >= 15 is 0 Å². The van der Waals surface area contributed by atoms with Gasteiger partial charge in [-0.2, -0.15) is 0 Å². The first-order valence-corrected chi connectivity index (χ1v) is 5.11. The lowest BCUT2D eigenvalue weighted by molar-refractivity contribution is 0.159. The highest BCUT2D eigenvalue weighted by Gasteiger charge is 2.11. The molecular formula is C12H16O. The molecule has 1 nitrogen and oxygen atoms in total. The highest BCUT2D eigenvalue weighted by atomic mass is 16.3. The van der Waals surface area contributed by atoms with Crippen LogP contribution in [0.25, 0.3) is 0 Å². The molecule has 1 unspecified atom stereocenters. The van der Waals surface area contributed by atoms with Crippen molar-refractivity contribution in [3.8, 4) is 0 Å². The number of aryl methyl sites for hydroxylation is 1. The van der Waals surface area contributed by atoms with Gasteiger partial charge in [0.15, 0.2) is 0 Å². The maximum Gasteiger partial charge on any atom is 0.0580 e. The molecule has 2 rings (SSSR count). The molecule has 1 aromatic carbocycles. The van der Waals surface area contributed by atoms with Crippen molar-refractivity contribution in [1.29, 1.82) is 0 Å². The van der Waals surface area contributed by atoms with Crippen LogP contribution in [0, 0.1) is 0 Å². The van der Waals surface area contributed by atoms with E-state index in [0.717, 1.165) is 19.3 Å². The van der Waals surface area contributed by atoms with Gasteiger partial charge in [-0.15, -0.1) is 0 Å². The van der Waals surface area contributed by atoms with Crippen molar-refractivity contribution in [3.05, 3.63) is 35.4 Å². The average Bonchev–Trinajstić information content (AvgIpc) is 2.11. The van der Waals surface area contributed by atoms with Gasteiger partial charge >= 0.3 is 0 Å². The molecule has 1 aromatic rings. The van der Waals surface area contributed by atoms with Crippen molar-refractivity contribution in [1.82, 2.24) is 0 Å². The number of rotatable bonds is 0. The second-order valence-corrected chi connectivity index (χ2v) is 3.87. The molecule has 1 aliphatic rings. The predicted molar refractivity (Wildman–Crippen MR) is 53.7 cm³/mol. The molecule has 1 atom stereocenters. The molecule has 1 heteroatoms. The first-order valence-electron chi connectivity index (χ1n) is 5.11. The molecule has 0 saturated heterocycles. The molecule has 13 heavy (non-hydrogen) atoms. The number of hydrogen-bond donors (Lipinski definition) is 1. The van der Waals surface area contributed by atoms with Crippen molar-refractivity contribution in [3.63, 3.8) is 0 Å². The van der Waals surface area contributed by atoms with E-state index < -0.39 is 0 Å². The van der Waals surface area contributed by atoms with Gasteiger partial charge in [0.2, 0.25) is 0 Å². The summed E-state index contributed by atoms with van der Waals surface area (Å²) in [5.41, 5.74) is 2.77. The molecule has 0 heterocycles. The van der Waals surface area contributed by atoms with Gasteiger partial charge in [0.05, 0.1) is 6.10 Å². The number of hydrogen-bond acceptors (Lipinski definition) is 1. The number of aliphatic hydroxyl groups is 1. The molecule has 1 aliphatic carbocycles. The molecule has 0 fully saturated rings. The molecule has 0 radical (unpaired) electrons. The Morgan fingerprint density at radius 3 is 2.69 bits per heavy atom. The van der Waals surface area contributed by atoms with Gasteiger partial charge in [-0.3, -0.25) is 0 Å². The van der Waals surface area contributed by atoms with E-state index in [2.05, 4.69) is 24.3 Å². The lowest BCUT2D eigenvalue weighted by atomic mass is 9.92. The summed E-state index contributed by atoms with van der Waals surface area (Å²) in [5.74, 6) is 0. The molecule has 0 aliphatic heterocycles. The fraction of sp³-hybridized carbons (Fsp3) is 0.500. The van der Waals surface area contributed by atoms with E-state index in [9.17, 15) is 5.11 Å². The molecule has 0 amide bonds. The fourth-order valence-corrected chi connectivity index (χ4v) is 2.05. The lowest BCUT2D eigenvalue weighted by Crippen LogP contribution is -2.14. The monoisotopic (exact) mass is 176 g/mol. The molecule has 0 bridgehead atoms. The van der Waals surface area contributed by atoms with Gasteiger partial charge in [0, 0.05) is 0 Å². The first kappa shape index (κ1) is 8.76. The van der Waals surface area contributed by atoms with E-state index in [1.54, 1.807) is 0 Å². The summed E-state index contributed by atoms with van der Waals surface area (Å²) in [6.45, 7) is 0. The number of fused-ring (bicyclic) bond motifs is 1. The Labute approximate surface area is 79.4 Å². The van der Waals surface area contributed by atoms with E-state index in [-0.39, 0.29) is 6.10 Å². The Hall–Kier alpha value is -0.820. The van der Waals surface area contributed by atoms with Crippen LogP contribution in [0.15, 0.2) is 24.3 Å². The summed E-state index contributed by atoms with van der Waals surface area (Å²) in [6, 6.07) is 8.48. The molecule has 70 valence electrons. The highest BCUT2D eigenvalue weighted by molar-refractivity contribution is 5.28. The molecule has 1 N–H and O–H groups in total. The lowest BCUT2D eigenvalue weighted by Gasteiger charge is -2.17. The Balaban J connectivity index is 2.25.